The zero-order valence-electron chi connectivity index (χ0n) is 15.4. The molecule has 0 aliphatic rings. The van der Waals surface area contributed by atoms with Crippen molar-refractivity contribution in [3.63, 3.8) is 0 Å². The molecule has 0 saturated heterocycles. The molecule has 1 heterocycles. The summed E-state index contributed by atoms with van der Waals surface area (Å²) in [7, 11) is 3.03. The van der Waals surface area contributed by atoms with Gasteiger partial charge in [0.05, 0.1) is 14.2 Å². The largest absolute Gasteiger partial charge is 0.493 e. The molecule has 0 atom stereocenters. The van der Waals surface area contributed by atoms with E-state index in [1.54, 1.807) is 42.5 Å². The van der Waals surface area contributed by atoms with Crippen molar-refractivity contribution in [2.24, 2.45) is 0 Å². The standard InChI is InChI=1S/C20H19FN4O3/c1-27-16-8-5-14(11-17(16)28-2)20(26)23-19-10-9-18(24-25-19)22-12-13-3-6-15(21)7-4-13/h3-11H,12H2,1-2H3,(H,22,24)(H,23,25,26). The van der Waals surface area contributed by atoms with Crippen LogP contribution in [0.5, 0.6) is 11.5 Å². The highest BCUT2D eigenvalue weighted by Crippen LogP contribution is 2.27. The summed E-state index contributed by atoms with van der Waals surface area (Å²) in [6.07, 6.45) is 0. The van der Waals surface area contributed by atoms with Gasteiger partial charge in [0.25, 0.3) is 5.91 Å². The lowest BCUT2D eigenvalue weighted by Gasteiger charge is -2.10. The summed E-state index contributed by atoms with van der Waals surface area (Å²) in [4.78, 5) is 12.4. The highest BCUT2D eigenvalue weighted by Gasteiger charge is 2.11. The van der Waals surface area contributed by atoms with Crippen molar-refractivity contribution in [1.29, 1.82) is 0 Å². The van der Waals surface area contributed by atoms with Crippen molar-refractivity contribution in [3.05, 3.63) is 71.5 Å². The fraction of sp³-hybridized carbons (Fsp3) is 0.150. The average molecular weight is 382 g/mol. The van der Waals surface area contributed by atoms with Crippen molar-refractivity contribution in [3.8, 4) is 11.5 Å². The third-order valence-corrected chi connectivity index (χ3v) is 3.94. The van der Waals surface area contributed by atoms with Crippen LogP contribution < -0.4 is 20.1 Å². The van der Waals surface area contributed by atoms with Crippen LogP contribution in [0.2, 0.25) is 0 Å². The average Bonchev–Trinajstić information content (AvgIpc) is 2.73. The first-order chi connectivity index (χ1) is 13.6. The third kappa shape index (κ3) is 4.73. The second-order valence-electron chi connectivity index (χ2n) is 5.81. The van der Waals surface area contributed by atoms with Crippen LogP contribution in [0.4, 0.5) is 16.0 Å². The van der Waals surface area contributed by atoms with E-state index in [-0.39, 0.29) is 11.7 Å². The molecule has 0 saturated carbocycles. The van der Waals surface area contributed by atoms with Gasteiger partial charge < -0.3 is 20.1 Å². The van der Waals surface area contributed by atoms with Gasteiger partial charge in [0, 0.05) is 12.1 Å². The molecule has 0 spiro atoms. The Balaban J connectivity index is 1.60. The Morgan fingerprint density at radius 1 is 0.929 bits per heavy atom. The predicted octanol–water partition coefficient (Wildman–Crippen LogP) is 3.50. The molecule has 0 unspecified atom stereocenters. The normalized spacial score (nSPS) is 10.2. The van der Waals surface area contributed by atoms with E-state index in [9.17, 15) is 9.18 Å². The van der Waals surface area contributed by atoms with Crippen LogP contribution in [0.3, 0.4) is 0 Å². The number of anilines is 2. The molecule has 0 bridgehead atoms. The number of carbonyl (C=O) groups is 1. The van der Waals surface area contributed by atoms with Gasteiger partial charge in [-0.05, 0) is 48.0 Å². The number of amides is 1. The molecule has 0 aliphatic carbocycles. The summed E-state index contributed by atoms with van der Waals surface area (Å²) in [6, 6.07) is 14.4. The van der Waals surface area contributed by atoms with Crippen molar-refractivity contribution >= 4 is 17.5 Å². The van der Waals surface area contributed by atoms with Crippen LogP contribution in [0.1, 0.15) is 15.9 Å². The van der Waals surface area contributed by atoms with Crippen LogP contribution in [-0.2, 0) is 6.54 Å². The fourth-order valence-electron chi connectivity index (χ4n) is 2.45. The Morgan fingerprint density at radius 2 is 1.61 bits per heavy atom. The first-order valence-electron chi connectivity index (χ1n) is 8.44. The van der Waals surface area contributed by atoms with E-state index in [1.165, 1.54) is 26.4 Å². The second-order valence-corrected chi connectivity index (χ2v) is 5.81. The number of hydrogen-bond acceptors (Lipinski definition) is 6. The Kier molecular flexibility index (Phi) is 6.01. The molecular formula is C20H19FN4O3. The molecule has 1 aromatic heterocycles. The zero-order valence-corrected chi connectivity index (χ0v) is 15.4. The number of carbonyl (C=O) groups excluding carboxylic acids is 1. The number of nitrogens with one attached hydrogen (secondary N) is 2. The molecule has 2 N–H and O–H groups in total. The van der Waals surface area contributed by atoms with Gasteiger partial charge in [0.2, 0.25) is 0 Å². The van der Waals surface area contributed by atoms with Crippen LogP contribution in [-0.4, -0.2) is 30.3 Å². The Labute approximate surface area is 161 Å². The summed E-state index contributed by atoms with van der Waals surface area (Å²) in [6.45, 7) is 0.478. The minimum absolute atomic E-state index is 0.280. The first-order valence-corrected chi connectivity index (χ1v) is 8.44. The molecule has 8 heteroatoms. The van der Waals surface area contributed by atoms with Crippen LogP contribution in [0.15, 0.2) is 54.6 Å². The smallest absolute Gasteiger partial charge is 0.257 e. The van der Waals surface area contributed by atoms with Gasteiger partial charge in [0.15, 0.2) is 17.3 Å². The summed E-state index contributed by atoms with van der Waals surface area (Å²) >= 11 is 0. The lowest BCUT2D eigenvalue weighted by atomic mass is 10.2. The highest BCUT2D eigenvalue weighted by atomic mass is 19.1. The van der Waals surface area contributed by atoms with E-state index in [1.807, 2.05) is 0 Å². The highest BCUT2D eigenvalue weighted by molar-refractivity contribution is 6.04. The fourth-order valence-corrected chi connectivity index (χ4v) is 2.45. The maximum atomic E-state index is 12.9. The molecule has 0 radical (unpaired) electrons. The maximum Gasteiger partial charge on any atom is 0.257 e. The maximum absolute atomic E-state index is 12.9. The minimum atomic E-state index is -0.345. The van der Waals surface area contributed by atoms with E-state index in [0.717, 1.165) is 5.56 Å². The zero-order chi connectivity index (χ0) is 19.9. The van der Waals surface area contributed by atoms with Gasteiger partial charge >= 0.3 is 0 Å². The summed E-state index contributed by atoms with van der Waals surface area (Å²) in [5, 5.41) is 13.8. The molecule has 0 aliphatic heterocycles. The summed E-state index contributed by atoms with van der Waals surface area (Å²) < 4.78 is 23.3. The minimum Gasteiger partial charge on any atom is -0.493 e. The summed E-state index contributed by atoms with van der Waals surface area (Å²) in [5.41, 5.74) is 1.31. The predicted molar refractivity (Wildman–Crippen MR) is 103 cm³/mol. The van der Waals surface area contributed by atoms with Crippen LogP contribution in [0, 0.1) is 5.82 Å². The molecule has 0 fully saturated rings. The molecule has 3 aromatic rings. The lowest BCUT2D eigenvalue weighted by molar-refractivity contribution is 0.102. The van der Waals surface area contributed by atoms with Crippen molar-refractivity contribution < 1.29 is 18.7 Å². The lowest BCUT2D eigenvalue weighted by Crippen LogP contribution is -2.14. The first kappa shape index (κ1) is 19.1. The third-order valence-electron chi connectivity index (χ3n) is 3.94. The van der Waals surface area contributed by atoms with Gasteiger partial charge in [-0.3, -0.25) is 4.79 Å². The Bertz CT molecular complexity index is 947. The molecule has 7 nitrogen and oxygen atoms in total. The number of rotatable bonds is 7. The van der Waals surface area contributed by atoms with E-state index in [0.29, 0.717) is 35.2 Å². The molecule has 28 heavy (non-hydrogen) atoms. The quantitative estimate of drug-likeness (QED) is 0.651. The molecule has 144 valence electrons. The second kappa shape index (κ2) is 8.81. The van der Waals surface area contributed by atoms with Gasteiger partial charge in [-0.2, -0.15) is 0 Å². The number of methoxy groups -OCH3 is 2. The number of halogens is 1. The van der Waals surface area contributed by atoms with E-state index < -0.39 is 0 Å². The number of nitrogens with zero attached hydrogens (tertiary/aromatic N) is 2. The van der Waals surface area contributed by atoms with Crippen molar-refractivity contribution in [1.82, 2.24) is 10.2 Å². The SMILES string of the molecule is COc1ccc(C(=O)Nc2ccc(NCc3ccc(F)cc3)nn2)cc1OC. The number of benzene rings is 2. The molecule has 1 amide bonds. The molecule has 2 aromatic carbocycles. The summed E-state index contributed by atoms with van der Waals surface area (Å²) in [5.74, 6) is 1.22. The van der Waals surface area contributed by atoms with Crippen molar-refractivity contribution in [2.75, 3.05) is 24.9 Å². The van der Waals surface area contributed by atoms with Gasteiger partial charge in [-0.25, -0.2) is 4.39 Å². The van der Waals surface area contributed by atoms with E-state index in [2.05, 4.69) is 20.8 Å². The van der Waals surface area contributed by atoms with E-state index in [4.69, 9.17) is 9.47 Å². The van der Waals surface area contributed by atoms with Gasteiger partial charge in [-0.1, -0.05) is 12.1 Å². The Morgan fingerprint density at radius 3 is 2.25 bits per heavy atom. The van der Waals surface area contributed by atoms with Crippen LogP contribution >= 0.6 is 0 Å². The molecule has 3 rings (SSSR count). The number of ether oxygens (including phenoxy) is 2. The monoisotopic (exact) mass is 382 g/mol. The van der Waals surface area contributed by atoms with Crippen molar-refractivity contribution in [2.45, 2.75) is 6.54 Å². The van der Waals surface area contributed by atoms with Crippen LogP contribution in [0.25, 0.3) is 0 Å². The Hall–Kier alpha value is -3.68. The number of hydrogen-bond donors (Lipinski definition) is 2. The van der Waals surface area contributed by atoms with E-state index >= 15 is 0 Å². The van der Waals surface area contributed by atoms with Gasteiger partial charge in [0.1, 0.15) is 11.6 Å². The van der Waals surface area contributed by atoms with Gasteiger partial charge in [-0.15, -0.1) is 10.2 Å². The topological polar surface area (TPSA) is 85.4 Å². The molecular weight excluding hydrogens is 363 g/mol. The number of aromatic nitrogens is 2.